The summed E-state index contributed by atoms with van der Waals surface area (Å²) in [5.74, 6) is -0.811. The number of nitrogens with one attached hydrogen (secondary N) is 1. The maximum absolute atomic E-state index is 14.2. The van der Waals surface area contributed by atoms with Crippen LogP contribution in [0.3, 0.4) is 0 Å². The molecule has 1 atom stereocenters. The lowest BCUT2D eigenvalue weighted by molar-refractivity contribution is -0.139. The van der Waals surface area contributed by atoms with Gasteiger partial charge in [-0.3, -0.25) is 13.9 Å². The molecule has 1 saturated carbocycles. The molecule has 0 unspecified atom stereocenters. The van der Waals surface area contributed by atoms with Gasteiger partial charge in [-0.05, 0) is 69.0 Å². The maximum atomic E-state index is 14.2. The van der Waals surface area contributed by atoms with Crippen molar-refractivity contribution >= 4 is 50.7 Å². The third-order valence-electron chi connectivity index (χ3n) is 7.81. The van der Waals surface area contributed by atoms with Crippen molar-refractivity contribution in [1.29, 1.82) is 0 Å². The maximum Gasteiger partial charge on any atom is 0.264 e. The number of nitrogens with zero attached hydrogens (tertiary/aromatic N) is 2. The van der Waals surface area contributed by atoms with Gasteiger partial charge >= 0.3 is 0 Å². The van der Waals surface area contributed by atoms with Gasteiger partial charge in [-0.25, -0.2) is 8.42 Å². The van der Waals surface area contributed by atoms with Crippen LogP contribution in [0.2, 0.25) is 10.0 Å². The normalized spacial score (nSPS) is 14.7. The molecule has 3 aromatic rings. The minimum Gasteiger partial charge on any atom is -0.352 e. The second-order valence-corrected chi connectivity index (χ2v) is 13.5. The number of carbonyl (C=O) groups excluding carboxylic acids is 2. The largest absolute Gasteiger partial charge is 0.352 e. The van der Waals surface area contributed by atoms with Crippen LogP contribution in [0.1, 0.15) is 55.7 Å². The first-order valence-corrected chi connectivity index (χ1v) is 16.4. The van der Waals surface area contributed by atoms with Gasteiger partial charge in [-0.2, -0.15) is 0 Å². The molecule has 0 aliphatic heterocycles. The average Bonchev–Trinajstić information content (AvgIpc) is 2.97. The molecule has 1 aliphatic carbocycles. The molecule has 1 N–H and O–H groups in total. The first-order chi connectivity index (χ1) is 20.0. The third-order valence-corrected chi connectivity index (χ3v) is 10.4. The second kappa shape index (κ2) is 13.9. The van der Waals surface area contributed by atoms with E-state index >= 15 is 0 Å². The van der Waals surface area contributed by atoms with Crippen LogP contribution in [0, 0.1) is 13.8 Å². The zero-order valence-electron chi connectivity index (χ0n) is 24.1. The number of sulfonamides is 1. The third kappa shape index (κ3) is 7.46. The van der Waals surface area contributed by atoms with Crippen molar-refractivity contribution in [3.8, 4) is 0 Å². The van der Waals surface area contributed by atoms with Crippen molar-refractivity contribution in [2.75, 3.05) is 10.8 Å². The zero-order valence-corrected chi connectivity index (χ0v) is 26.5. The lowest BCUT2D eigenvalue weighted by Gasteiger charge is -2.33. The molecule has 0 heterocycles. The topological polar surface area (TPSA) is 86.8 Å². The first-order valence-electron chi connectivity index (χ1n) is 14.2. The predicted molar refractivity (Wildman–Crippen MR) is 168 cm³/mol. The molecule has 0 radical (unpaired) electrons. The number of hydrogen-bond donors (Lipinski definition) is 1. The summed E-state index contributed by atoms with van der Waals surface area (Å²) in [5, 5.41) is 3.28. The van der Waals surface area contributed by atoms with Crippen molar-refractivity contribution in [3.05, 3.63) is 93.5 Å². The van der Waals surface area contributed by atoms with E-state index in [0.717, 1.165) is 53.1 Å². The Kier molecular flexibility index (Phi) is 10.6. The Morgan fingerprint density at radius 2 is 1.60 bits per heavy atom. The molecule has 0 bridgehead atoms. The number of carbonyl (C=O) groups is 2. The molecule has 1 fully saturated rings. The smallest absolute Gasteiger partial charge is 0.264 e. The van der Waals surface area contributed by atoms with Gasteiger partial charge in [0.25, 0.3) is 10.0 Å². The molecular formula is C32H37Cl2N3O4S. The van der Waals surface area contributed by atoms with E-state index in [4.69, 9.17) is 23.2 Å². The van der Waals surface area contributed by atoms with Gasteiger partial charge < -0.3 is 10.2 Å². The van der Waals surface area contributed by atoms with Crippen LogP contribution in [0.4, 0.5) is 5.69 Å². The van der Waals surface area contributed by atoms with Crippen LogP contribution in [0.5, 0.6) is 0 Å². The van der Waals surface area contributed by atoms with E-state index in [1.54, 1.807) is 31.2 Å². The number of anilines is 1. The molecule has 2 amide bonds. The lowest BCUT2D eigenvalue weighted by atomic mass is 9.95. The van der Waals surface area contributed by atoms with Crippen molar-refractivity contribution in [3.63, 3.8) is 0 Å². The van der Waals surface area contributed by atoms with Crippen LogP contribution in [0.25, 0.3) is 0 Å². The van der Waals surface area contributed by atoms with E-state index in [-0.39, 0.29) is 39.1 Å². The Balaban J connectivity index is 1.72. The van der Waals surface area contributed by atoms with E-state index in [1.807, 2.05) is 38.1 Å². The fourth-order valence-corrected chi connectivity index (χ4v) is 7.03. The summed E-state index contributed by atoms with van der Waals surface area (Å²) < 4.78 is 29.0. The van der Waals surface area contributed by atoms with Crippen molar-refractivity contribution < 1.29 is 18.0 Å². The number of rotatable bonds is 10. The van der Waals surface area contributed by atoms with Gasteiger partial charge in [0.15, 0.2) is 0 Å². The molecule has 10 heteroatoms. The Bertz CT molecular complexity index is 1520. The molecule has 1 aliphatic rings. The minimum absolute atomic E-state index is 0.00508. The van der Waals surface area contributed by atoms with Gasteiger partial charge in [0.2, 0.25) is 11.8 Å². The molecular weight excluding hydrogens is 593 g/mol. The summed E-state index contributed by atoms with van der Waals surface area (Å²) in [6.45, 7) is 5.02. The number of halogens is 2. The highest BCUT2D eigenvalue weighted by Gasteiger charge is 2.34. The molecule has 224 valence electrons. The van der Waals surface area contributed by atoms with Gasteiger partial charge in [-0.1, -0.05) is 90.5 Å². The van der Waals surface area contributed by atoms with Gasteiger partial charge in [0.05, 0.1) is 20.6 Å². The van der Waals surface area contributed by atoms with Crippen molar-refractivity contribution in [1.82, 2.24) is 10.2 Å². The number of aryl methyl sites for hydroxylation is 2. The highest BCUT2D eigenvalue weighted by molar-refractivity contribution is 7.92. The summed E-state index contributed by atoms with van der Waals surface area (Å²) in [5.41, 5.74) is 2.78. The zero-order chi connectivity index (χ0) is 30.4. The molecule has 0 aromatic heterocycles. The molecule has 4 rings (SSSR count). The summed E-state index contributed by atoms with van der Waals surface area (Å²) in [6, 6.07) is 17.8. The first kappa shape index (κ1) is 31.9. The summed E-state index contributed by atoms with van der Waals surface area (Å²) in [6.07, 6.45) is 5.06. The second-order valence-electron chi connectivity index (χ2n) is 10.9. The van der Waals surface area contributed by atoms with Gasteiger partial charge in [0.1, 0.15) is 12.6 Å². The number of benzene rings is 3. The van der Waals surface area contributed by atoms with E-state index in [1.165, 1.54) is 23.1 Å². The van der Waals surface area contributed by atoms with E-state index in [2.05, 4.69) is 5.32 Å². The van der Waals surface area contributed by atoms with Crippen LogP contribution >= 0.6 is 23.2 Å². The van der Waals surface area contributed by atoms with Crippen molar-refractivity contribution in [2.45, 2.75) is 76.4 Å². The van der Waals surface area contributed by atoms with Crippen LogP contribution < -0.4 is 9.62 Å². The van der Waals surface area contributed by atoms with E-state index in [9.17, 15) is 18.0 Å². The highest BCUT2D eigenvalue weighted by Crippen LogP contribution is 2.35. The quantitative estimate of drug-likeness (QED) is 0.271. The fraction of sp³-hybridized carbons (Fsp3) is 0.375. The van der Waals surface area contributed by atoms with E-state index < -0.39 is 28.5 Å². The highest BCUT2D eigenvalue weighted by atomic mass is 35.5. The summed E-state index contributed by atoms with van der Waals surface area (Å²) >= 11 is 12.8. The monoisotopic (exact) mass is 629 g/mol. The Labute approximate surface area is 258 Å². The minimum atomic E-state index is -4.25. The van der Waals surface area contributed by atoms with Gasteiger partial charge in [0, 0.05) is 12.6 Å². The number of hydrogen-bond acceptors (Lipinski definition) is 4. The summed E-state index contributed by atoms with van der Waals surface area (Å²) in [7, 11) is -4.25. The Hall–Kier alpha value is -3.07. The molecule has 7 nitrogen and oxygen atoms in total. The fourth-order valence-electron chi connectivity index (χ4n) is 5.16. The van der Waals surface area contributed by atoms with Gasteiger partial charge in [-0.15, -0.1) is 0 Å². The lowest BCUT2D eigenvalue weighted by Crippen LogP contribution is -2.53. The predicted octanol–water partition coefficient (Wildman–Crippen LogP) is 6.67. The van der Waals surface area contributed by atoms with Crippen molar-refractivity contribution in [2.24, 2.45) is 0 Å². The standard InChI is InChI=1S/C32H37Cl2N3O4S/c1-22-16-18-27(19-17-22)42(40,41)37(29-15-9-14-28(33)31(29)34)21-30(38)36(20-25-11-8-7-10-23(25)2)24(3)32(39)35-26-12-5-4-6-13-26/h7-11,14-19,24,26H,4-6,12-13,20-21H2,1-3H3,(H,35,39)/t24-/m1/s1. The summed E-state index contributed by atoms with van der Waals surface area (Å²) in [4.78, 5) is 29.1. The molecule has 0 spiro atoms. The number of amides is 2. The van der Waals surface area contributed by atoms with Crippen LogP contribution in [-0.2, 0) is 26.2 Å². The molecule has 42 heavy (non-hydrogen) atoms. The Morgan fingerprint density at radius 3 is 2.26 bits per heavy atom. The molecule has 0 saturated heterocycles. The Morgan fingerprint density at radius 1 is 0.929 bits per heavy atom. The van der Waals surface area contributed by atoms with Crippen LogP contribution in [-0.4, -0.2) is 43.8 Å². The average molecular weight is 631 g/mol. The molecule has 3 aromatic carbocycles. The van der Waals surface area contributed by atoms with E-state index in [0.29, 0.717) is 0 Å². The SMILES string of the molecule is Cc1ccc(S(=O)(=O)N(CC(=O)N(Cc2ccccc2C)[C@H](C)C(=O)NC2CCCCC2)c2cccc(Cl)c2Cl)cc1. The van der Waals surface area contributed by atoms with Crippen LogP contribution in [0.15, 0.2) is 71.6 Å².